The van der Waals surface area contributed by atoms with Crippen LogP contribution in [0.2, 0.25) is 0 Å². The normalized spacial score (nSPS) is 10.7. The van der Waals surface area contributed by atoms with Gasteiger partial charge in [-0.2, -0.15) is 15.0 Å². The lowest BCUT2D eigenvalue weighted by Crippen LogP contribution is -2.08. The summed E-state index contributed by atoms with van der Waals surface area (Å²) in [4.78, 5) is 21.0. The summed E-state index contributed by atoms with van der Waals surface area (Å²) in [6.07, 6.45) is 8.14. The molecule has 3 rings (SSSR count). The number of anilines is 1. The van der Waals surface area contributed by atoms with Crippen molar-refractivity contribution in [1.82, 2.24) is 29.5 Å². The van der Waals surface area contributed by atoms with Gasteiger partial charge in [0.1, 0.15) is 12.6 Å². The van der Waals surface area contributed by atoms with Crippen LogP contribution >= 0.6 is 11.8 Å². The number of nitrogens with zero attached hydrogens (tertiary/aromatic N) is 6. The first-order valence-electron chi connectivity index (χ1n) is 5.91. The highest BCUT2D eigenvalue weighted by Gasteiger charge is 2.11. The second-order valence-corrected chi connectivity index (χ2v) is 4.56. The standard InChI is InChI=1S/C11H11N7OS/c1-2-13-8-15-9(18-5-3-12-7-18)17-10(16-8)20-11-14-4-6-19-11/h3-7H,2H2,1H3,(H,13,15,16,17). The number of imidazole rings is 1. The topological polar surface area (TPSA) is 94.6 Å². The first kappa shape index (κ1) is 12.6. The van der Waals surface area contributed by atoms with E-state index in [1.54, 1.807) is 29.5 Å². The maximum Gasteiger partial charge on any atom is 0.263 e. The average Bonchev–Trinajstić information content (AvgIpc) is 3.11. The predicted molar refractivity (Wildman–Crippen MR) is 71.7 cm³/mol. The van der Waals surface area contributed by atoms with Crippen LogP contribution in [0.1, 0.15) is 6.92 Å². The van der Waals surface area contributed by atoms with Gasteiger partial charge in [0, 0.05) is 30.7 Å². The smallest absolute Gasteiger partial charge is 0.263 e. The number of rotatable bonds is 5. The van der Waals surface area contributed by atoms with Crippen LogP contribution in [0.25, 0.3) is 5.95 Å². The van der Waals surface area contributed by atoms with E-state index in [0.29, 0.717) is 22.3 Å². The molecule has 3 aromatic heterocycles. The first-order valence-corrected chi connectivity index (χ1v) is 6.72. The van der Waals surface area contributed by atoms with Crippen molar-refractivity contribution in [3.8, 4) is 5.95 Å². The summed E-state index contributed by atoms with van der Waals surface area (Å²) in [5.41, 5.74) is 0. The second-order valence-electron chi connectivity index (χ2n) is 3.64. The van der Waals surface area contributed by atoms with E-state index in [1.165, 1.54) is 18.0 Å². The van der Waals surface area contributed by atoms with Gasteiger partial charge in [-0.3, -0.25) is 4.57 Å². The SMILES string of the molecule is CCNc1nc(Sc2ncco2)nc(-n2ccnc2)n1. The highest BCUT2D eigenvalue weighted by Crippen LogP contribution is 2.23. The van der Waals surface area contributed by atoms with Gasteiger partial charge >= 0.3 is 0 Å². The molecule has 8 nitrogen and oxygen atoms in total. The summed E-state index contributed by atoms with van der Waals surface area (Å²) in [6.45, 7) is 2.69. The molecule has 1 N–H and O–H groups in total. The van der Waals surface area contributed by atoms with Gasteiger partial charge in [-0.15, -0.1) is 0 Å². The third-order valence-electron chi connectivity index (χ3n) is 2.26. The molecular formula is C11H11N7OS. The van der Waals surface area contributed by atoms with Crippen LogP contribution in [0, 0.1) is 0 Å². The molecule has 3 aromatic rings. The third kappa shape index (κ3) is 2.77. The van der Waals surface area contributed by atoms with E-state index in [4.69, 9.17) is 4.42 Å². The molecule has 3 heterocycles. The van der Waals surface area contributed by atoms with Gasteiger partial charge < -0.3 is 9.73 Å². The van der Waals surface area contributed by atoms with Crippen molar-refractivity contribution in [2.75, 3.05) is 11.9 Å². The Morgan fingerprint density at radius 1 is 1.30 bits per heavy atom. The number of nitrogens with one attached hydrogen (secondary N) is 1. The third-order valence-corrected chi connectivity index (χ3v) is 3.00. The molecule has 0 aromatic carbocycles. The van der Waals surface area contributed by atoms with Crippen LogP contribution in [-0.4, -0.2) is 36.0 Å². The molecule has 9 heteroatoms. The van der Waals surface area contributed by atoms with E-state index in [2.05, 4.69) is 30.2 Å². The van der Waals surface area contributed by atoms with Crippen LogP contribution in [0.5, 0.6) is 0 Å². The monoisotopic (exact) mass is 289 g/mol. The Labute approximate surface area is 118 Å². The maximum absolute atomic E-state index is 5.18. The lowest BCUT2D eigenvalue weighted by Gasteiger charge is -2.06. The van der Waals surface area contributed by atoms with Crippen LogP contribution in [0.4, 0.5) is 5.95 Å². The van der Waals surface area contributed by atoms with E-state index in [9.17, 15) is 0 Å². The molecule has 0 saturated heterocycles. The molecule has 0 spiro atoms. The zero-order chi connectivity index (χ0) is 13.8. The number of oxazole rings is 1. The molecule has 0 aliphatic rings. The molecular weight excluding hydrogens is 278 g/mol. The zero-order valence-corrected chi connectivity index (χ0v) is 11.4. The van der Waals surface area contributed by atoms with E-state index in [-0.39, 0.29) is 0 Å². The summed E-state index contributed by atoms with van der Waals surface area (Å²) < 4.78 is 6.89. The number of hydrogen-bond acceptors (Lipinski definition) is 8. The van der Waals surface area contributed by atoms with Crippen LogP contribution in [0.3, 0.4) is 0 Å². The Hall–Kier alpha value is -2.42. The fraction of sp³-hybridized carbons (Fsp3) is 0.182. The molecule has 0 unspecified atom stereocenters. The van der Waals surface area contributed by atoms with Crippen LogP contribution in [0.15, 0.2) is 46.0 Å². The minimum absolute atomic E-state index is 0.482. The van der Waals surface area contributed by atoms with Crippen molar-refractivity contribution in [2.24, 2.45) is 0 Å². The van der Waals surface area contributed by atoms with Crippen molar-refractivity contribution in [3.05, 3.63) is 31.2 Å². The van der Waals surface area contributed by atoms with Gasteiger partial charge in [0.15, 0.2) is 0 Å². The summed E-state index contributed by atoms with van der Waals surface area (Å²) in [6, 6.07) is 0. The highest BCUT2D eigenvalue weighted by molar-refractivity contribution is 7.98. The van der Waals surface area contributed by atoms with E-state index >= 15 is 0 Å². The Morgan fingerprint density at radius 2 is 2.25 bits per heavy atom. The Balaban J connectivity index is 1.96. The molecule has 0 bridgehead atoms. The molecule has 0 aliphatic heterocycles. The lowest BCUT2D eigenvalue weighted by atomic mass is 10.7. The summed E-state index contributed by atoms with van der Waals surface area (Å²) in [5.74, 6) is 0.989. The van der Waals surface area contributed by atoms with Crippen molar-refractivity contribution < 1.29 is 4.42 Å². The Bertz CT molecular complexity index is 668. The van der Waals surface area contributed by atoms with Gasteiger partial charge in [-0.05, 0) is 6.92 Å². The Morgan fingerprint density at radius 3 is 2.95 bits per heavy atom. The van der Waals surface area contributed by atoms with Crippen molar-refractivity contribution in [3.63, 3.8) is 0 Å². The maximum atomic E-state index is 5.18. The minimum Gasteiger partial charge on any atom is -0.440 e. The fourth-order valence-corrected chi connectivity index (χ4v) is 2.09. The molecule has 0 atom stereocenters. The largest absolute Gasteiger partial charge is 0.440 e. The quantitative estimate of drug-likeness (QED) is 0.757. The van der Waals surface area contributed by atoms with Crippen molar-refractivity contribution in [1.29, 1.82) is 0 Å². The number of aromatic nitrogens is 6. The Kier molecular flexibility index (Phi) is 3.59. The second kappa shape index (κ2) is 5.70. The predicted octanol–water partition coefficient (Wildman–Crippen LogP) is 1.63. The minimum atomic E-state index is 0.482. The van der Waals surface area contributed by atoms with Gasteiger partial charge in [-0.25, -0.2) is 9.97 Å². The molecule has 102 valence electrons. The molecule has 20 heavy (non-hydrogen) atoms. The van der Waals surface area contributed by atoms with Crippen LogP contribution in [-0.2, 0) is 0 Å². The molecule has 0 fully saturated rings. The molecule has 0 radical (unpaired) electrons. The zero-order valence-electron chi connectivity index (χ0n) is 10.6. The average molecular weight is 289 g/mol. The molecule has 0 aliphatic carbocycles. The number of hydrogen-bond donors (Lipinski definition) is 1. The van der Waals surface area contributed by atoms with Gasteiger partial charge in [0.05, 0.1) is 6.20 Å². The van der Waals surface area contributed by atoms with Crippen molar-refractivity contribution in [2.45, 2.75) is 17.3 Å². The molecule has 0 amide bonds. The molecule has 0 saturated carbocycles. The summed E-state index contributed by atoms with van der Waals surface area (Å²) in [7, 11) is 0. The fourth-order valence-electron chi connectivity index (χ4n) is 1.46. The summed E-state index contributed by atoms with van der Waals surface area (Å²) in [5, 5.41) is 4.05. The van der Waals surface area contributed by atoms with E-state index < -0.39 is 0 Å². The van der Waals surface area contributed by atoms with Gasteiger partial charge in [0.2, 0.25) is 17.1 Å². The summed E-state index contributed by atoms with van der Waals surface area (Å²) >= 11 is 1.23. The van der Waals surface area contributed by atoms with Gasteiger partial charge in [-0.1, -0.05) is 0 Å². The van der Waals surface area contributed by atoms with Crippen LogP contribution < -0.4 is 5.32 Å². The van der Waals surface area contributed by atoms with Gasteiger partial charge in [0.25, 0.3) is 5.22 Å². The van der Waals surface area contributed by atoms with E-state index in [0.717, 1.165) is 6.54 Å². The lowest BCUT2D eigenvalue weighted by molar-refractivity contribution is 0.453. The van der Waals surface area contributed by atoms with E-state index in [1.807, 2.05) is 6.92 Å². The first-order chi connectivity index (χ1) is 9.85. The highest BCUT2D eigenvalue weighted by atomic mass is 32.2. The van der Waals surface area contributed by atoms with Crippen molar-refractivity contribution >= 4 is 17.7 Å².